The van der Waals surface area contributed by atoms with Crippen LogP contribution in [0.15, 0.2) is 41.8 Å². The Hall–Kier alpha value is -2.18. The third-order valence-corrected chi connectivity index (χ3v) is 5.87. The summed E-state index contributed by atoms with van der Waals surface area (Å²) in [6.45, 7) is 1.40. The molecule has 5 nitrogen and oxygen atoms in total. The van der Waals surface area contributed by atoms with Crippen molar-refractivity contribution < 1.29 is 9.90 Å². The van der Waals surface area contributed by atoms with Crippen LogP contribution in [0, 0.1) is 5.92 Å². The molecule has 4 rings (SSSR count). The fourth-order valence-corrected chi connectivity index (χ4v) is 4.30. The van der Waals surface area contributed by atoms with Gasteiger partial charge in [-0.15, -0.1) is 11.3 Å². The molecule has 25 heavy (non-hydrogen) atoms. The van der Waals surface area contributed by atoms with Gasteiger partial charge in [-0.3, -0.25) is 4.79 Å². The van der Waals surface area contributed by atoms with Crippen LogP contribution in [0.3, 0.4) is 0 Å². The van der Waals surface area contributed by atoms with Crippen molar-refractivity contribution in [1.29, 1.82) is 0 Å². The van der Waals surface area contributed by atoms with Crippen molar-refractivity contribution in [2.75, 3.05) is 13.1 Å². The van der Waals surface area contributed by atoms with Gasteiger partial charge in [0.25, 0.3) is 0 Å². The van der Waals surface area contributed by atoms with E-state index >= 15 is 0 Å². The first-order valence-corrected chi connectivity index (χ1v) is 9.51. The number of imidazole rings is 1. The number of carbonyl (C=O) groups is 1. The molecule has 1 saturated heterocycles. The maximum absolute atomic E-state index is 12.6. The maximum atomic E-state index is 12.6. The number of H-pyrrole nitrogens is 1. The number of aromatic nitrogens is 2. The van der Waals surface area contributed by atoms with E-state index in [9.17, 15) is 9.90 Å². The first-order valence-electron chi connectivity index (χ1n) is 8.63. The number of nitrogens with zero attached hydrogens (tertiary/aromatic N) is 2. The minimum Gasteiger partial charge on any atom is -0.387 e. The van der Waals surface area contributed by atoms with E-state index in [0.717, 1.165) is 28.8 Å². The van der Waals surface area contributed by atoms with E-state index < -0.39 is 6.10 Å². The van der Waals surface area contributed by atoms with Crippen molar-refractivity contribution in [3.05, 3.63) is 52.5 Å². The number of amides is 1. The van der Waals surface area contributed by atoms with Crippen molar-refractivity contribution in [3.63, 3.8) is 0 Å². The van der Waals surface area contributed by atoms with E-state index in [4.69, 9.17) is 0 Å². The lowest BCUT2D eigenvalue weighted by molar-refractivity contribution is -0.132. The molecule has 0 saturated carbocycles. The SMILES string of the molecule is O=C(Cc1nc2ccccc2[nH]1)N1CCC([C@@H](O)c2cccs2)CC1. The highest BCUT2D eigenvalue weighted by Crippen LogP contribution is 2.33. The number of rotatable bonds is 4. The lowest BCUT2D eigenvalue weighted by Crippen LogP contribution is -2.40. The van der Waals surface area contributed by atoms with Gasteiger partial charge in [0.1, 0.15) is 5.82 Å². The summed E-state index contributed by atoms with van der Waals surface area (Å²) in [5.74, 6) is 1.05. The van der Waals surface area contributed by atoms with Gasteiger partial charge in [0.2, 0.25) is 5.91 Å². The predicted octanol–water partition coefficient (Wildman–Crippen LogP) is 3.14. The molecule has 1 aliphatic heterocycles. The third kappa shape index (κ3) is 3.45. The molecule has 0 bridgehead atoms. The van der Waals surface area contributed by atoms with Gasteiger partial charge in [0.05, 0.1) is 23.6 Å². The molecular weight excluding hydrogens is 334 g/mol. The first kappa shape index (κ1) is 16.3. The quantitative estimate of drug-likeness (QED) is 0.755. The number of benzene rings is 1. The lowest BCUT2D eigenvalue weighted by atomic mass is 9.90. The van der Waals surface area contributed by atoms with Gasteiger partial charge in [0.15, 0.2) is 0 Å². The number of thiophene rings is 1. The molecule has 1 aliphatic rings. The van der Waals surface area contributed by atoms with E-state index in [-0.39, 0.29) is 11.8 Å². The molecule has 3 heterocycles. The number of carbonyl (C=O) groups excluding carboxylic acids is 1. The summed E-state index contributed by atoms with van der Waals surface area (Å²) in [7, 11) is 0. The van der Waals surface area contributed by atoms with E-state index in [0.29, 0.717) is 25.3 Å². The van der Waals surface area contributed by atoms with Crippen LogP contribution >= 0.6 is 11.3 Å². The van der Waals surface area contributed by atoms with E-state index in [2.05, 4.69) is 9.97 Å². The Balaban J connectivity index is 1.35. The van der Waals surface area contributed by atoms with Crippen molar-refractivity contribution in [1.82, 2.24) is 14.9 Å². The molecule has 0 unspecified atom stereocenters. The van der Waals surface area contributed by atoms with Crippen molar-refractivity contribution in [2.24, 2.45) is 5.92 Å². The molecule has 0 radical (unpaired) electrons. The van der Waals surface area contributed by atoms with Crippen molar-refractivity contribution >= 4 is 28.3 Å². The summed E-state index contributed by atoms with van der Waals surface area (Å²) in [4.78, 5) is 23.2. The number of piperidine rings is 1. The second-order valence-corrected chi connectivity index (χ2v) is 7.54. The average Bonchev–Trinajstić information content (AvgIpc) is 3.30. The zero-order chi connectivity index (χ0) is 17.2. The van der Waals surface area contributed by atoms with Crippen molar-refractivity contribution in [3.8, 4) is 0 Å². The van der Waals surface area contributed by atoms with Gasteiger partial charge in [-0.2, -0.15) is 0 Å². The zero-order valence-corrected chi connectivity index (χ0v) is 14.7. The number of aliphatic hydroxyl groups excluding tert-OH is 1. The Morgan fingerprint density at radius 3 is 2.80 bits per heavy atom. The van der Waals surface area contributed by atoms with Crippen LogP contribution in [0.4, 0.5) is 0 Å². The number of nitrogens with one attached hydrogen (secondary N) is 1. The molecule has 1 atom stereocenters. The third-order valence-electron chi connectivity index (χ3n) is 4.93. The number of aromatic amines is 1. The zero-order valence-electron chi connectivity index (χ0n) is 13.9. The molecule has 2 N–H and O–H groups in total. The molecule has 2 aromatic heterocycles. The lowest BCUT2D eigenvalue weighted by Gasteiger charge is -2.34. The number of fused-ring (bicyclic) bond motifs is 1. The van der Waals surface area contributed by atoms with Crippen LogP contribution in [0.2, 0.25) is 0 Å². The second-order valence-electron chi connectivity index (χ2n) is 6.56. The highest BCUT2D eigenvalue weighted by molar-refractivity contribution is 7.10. The second kappa shape index (κ2) is 6.98. The standard InChI is InChI=1S/C19H21N3O2S/c23-18(12-17-20-14-4-1-2-5-15(14)21-17)22-9-7-13(8-10-22)19(24)16-6-3-11-25-16/h1-6,11,13,19,24H,7-10,12H2,(H,20,21)/t19-/m1/s1. The number of hydrogen-bond acceptors (Lipinski definition) is 4. The molecule has 1 fully saturated rings. The predicted molar refractivity (Wildman–Crippen MR) is 98.4 cm³/mol. The van der Waals surface area contributed by atoms with E-state index in [1.54, 1.807) is 11.3 Å². The van der Waals surface area contributed by atoms with Gasteiger partial charge in [-0.1, -0.05) is 18.2 Å². The average molecular weight is 355 g/mol. The molecular formula is C19H21N3O2S. The van der Waals surface area contributed by atoms with Crippen LogP contribution in [-0.2, 0) is 11.2 Å². The van der Waals surface area contributed by atoms with Gasteiger partial charge in [-0.05, 0) is 42.3 Å². The van der Waals surface area contributed by atoms with Crippen LogP contribution in [0.5, 0.6) is 0 Å². The summed E-state index contributed by atoms with van der Waals surface area (Å²) in [6.07, 6.45) is 1.57. The van der Waals surface area contributed by atoms with Crippen LogP contribution in [-0.4, -0.2) is 39.0 Å². The number of hydrogen-bond donors (Lipinski definition) is 2. The number of para-hydroxylation sites is 2. The molecule has 1 aromatic carbocycles. The van der Waals surface area contributed by atoms with E-state index in [1.807, 2.05) is 46.7 Å². The highest BCUT2D eigenvalue weighted by atomic mass is 32.1. The Morgan fingerprint density at radius 2 is 2.08 bits per heavy atom. The van der Waals surface area contributed by atoms with Crippen LogP contribution < -0.4 is 0 Å². The molecule has 0 spiro atoms. The number of likely N-dealkylation sites (tertiary alicyclic amines) is 1. The smallest absolute Gasteiger partial charge is 0.230 e. The number of aliphatic hydroxyl groups is 1. The Kier molecular flexibility index (Phi) is 4.55. The maximum Gasteiger partial charge on any atom is 0.230 e. The van der Waals surface area contributed by atoms with E-state index in [1.165, 1.54) is 0 Å². The summed E-state index contributed by atoms with van der Waals surface area (Å²) < 4.78 is 0. The first-order chi connectivity index (χ1) is 12.2. The summed E-state index contributed by atoms with van der Waals surface area (Å²) >= 11 is 1.59. The van der Waals surface area contributed by atoms with Gasteiger partial charge < -0.3 is 15.0 Å². The molecule has 130 valence electrons. The van der Waals surface area contributed by atoms with Gasteiger partial charge >= 0.3 is 0 Å². The molecule has 0 aliphatic carbocycles. The van der Waals surface area contributed by atoms with Crippen LogP contribution in [0.25, 0.3) is 11.0 Å². The Bertz CT molecular complexity index is 818. The minimum atomic E-state index is -0.410. The molecule has 6 heteroatoms. The van der Waals surface area contributed by atoms with Gasteiger partial charge in [-0.25, -0.2) is 4.98 Å². The highest BCUT2D eigenvalue weighted by Gasteiger charge is 2.28. The van der Waals surface area contributed by atoms with Crippen molar-refractivity contribution in [2.45, 2.75) is 25.4 Å². The minimum absolute atomic E-state index is 0.100. The normalized spacial score (nSPS) is 17.1. The fraction of sp³-hybridized carbons (Fsp3) is 0.368. The fourth-order valence-electron chi connectivity index (χ4n) is 3.50. The summed E-state index contributed by atoms with van der Waals surface area (Å²) in [6, 6.07) is 11.8. The Labute approximate surface area is 150 Å². The van der Waals surface area contributed by atoms with Gasteiger partial charge in [0, 0.05) is 18.0 Å². The molecule has 3 aromatic rings. The monoisotopic (exact) mass is 355 g/mol. The largest absolute Gasteiger partial charge is 0.387 e. The summed E-state index contributed by atoms with van der Waals surface area (Å²) in [5.41, 5.74) is 1.85. The Morgan fingerprint density at radius 1 is 1.28 bits per heavy atom. The van der Waals surface area contributed by atoms with Crippen LogP contribution in [0.1, 0.15) is 29.6 Å². The molecule has 1 amide bonds. The topological polar surface area (TPSA) is 69.2 Å². The summed E-state index contributed by atoms with van der Waals surface area (Å²) in [5, 5.41) is 12.5.